The van der Waals surface area contributed by atoms with E-state index in [4.69, 9.17) is 4.74 Å². The van der Waals surface area contributed by atoms with Crippen molar-refractivity contribution in [3.05, 3.63) is 56.6 Å². The average molecular weight is 556 g/mol. The molecule has 5 rings (SSSR count). The Labute approximate surface area is 214 Å². The monoisotopic (exact) mass is 555 g/mol. The Morgan fingerprint density at radius 1 is 1.11 bits per heavy atom. The number of likely N-dealkylation sites (tertiary alicyclic amines) is 1. The first-order valence-corrected chi connectivity index (χ1v) is 12.1. The van der Waals surface area contributed by atoms with Crippen molar-refractivity contribution in [1.29, 1.82) is 0 Å². The van der Waals surface area contributed by atoms with Gasteiger partial charge in [0, 0.05) is 22.6 Å². The second kappa shape index (κ2) is 8.55. The molecule has 9 nitrogen and oxygen atoms in total. The lowest BCUT2D eigenvalue weighted by Crippen LogP contribution is -2.40. The molecule has 1 saturated heterocycles. The van der Waals surface area contributed by atoms with E-state index in [0.29, 0.717) is 31.7 Å². The van der Waals surface area contributed by atoms with E-state index in [1.807, 2.05) is 6.08 Å². The Hall–Kier alpha value is -3.53. The Kier molecular flexibility index (Phi) is 5.74. The van der Waals surface area contributed by atoms with E-state index in [1.54, 1.807) is 19.1 Å². The molecule has 1 aromatic rings. The van der Waals surface area contributed by atoms with E-state index in [9.17, 15) is 29.1 Å². The standard InChI is InChI=1S/C26H22BrNO8/c1-10-6-17(29)15-9-14-12(4-5-13-20(14)25(33)28(24(13)32)26(34)36-3)19(21(15)22(10)30)11-7-16(27)23(31)18(8-11)35-2/h4,6-8,13-14,19-20,31H,5,9H2,1-3H3. The lowest BCUT2D eigenvalue weighted by Gasteiger charge is -2.42. The van der Waals surface area contributed by atoms with E-state index < -0.39 is 41.6 Å². The van der Waals surface area contributed by atoms with Crippen molar-refractivity contribution in [2.75, 3.05) is 14.2 Å². The highest BCUT2D eigenvalue weighted by Crippen LogP contribution is 2.56. The molecule has 0 aromatic heterocycles. The second-order valence-electron chi connectivity index (χ2n) is 9.26. The third kappa shape index (κ3) is 3.31. The maximum Gasteiger partial charge on any atom is 0.423 e. The number of carbonyl (C=O) groups is 5. The van der Waals surface area contributed by atoms with E-state index in [-0.39, 0.29) is 35.9 Å². The zero-order valence-corrected chi connectivity index (χ0v) is 21.2. The highest BCUT2D eigenvalue weighted by atomic mass is 79.9. The molecular formula is C26H22BrNO8. The van der Waals surface area contributed by atoms with Gasteiger partial charge in [0.2, 0.25) is 11.8 Å². The van der Waals surface area contributed by atoms with Gasteiger partial charge in [0.05, 0.1) is 30.5 Å². The Bertz CT molecular complexity index is 1370. The van der Waals surface area contributed by atoms with Crippen LogP contribution in [0.25, 0.3) is 0 Å². The number of ether oxygens (including phenoxy) is 2. The van der Waals surface area contributed by atoms with Crippen LogP contribution in [0.5, 0.6) is 11.5 Å². The van der Waals surface area contributed by atoms with Gasteiger partial charge in [-0.1, -0.05) is 11.6 Å². The van der Waals surface area contributed by atoms with E-state index >= 15 is 0 Å². The van der Waals surface area contributed by atoms with Crippen molar-refractivity contribution < 1.29 is 38.6 Å². The fraction of sp³-hybridized carbons (Fsp3) is 0.346. The number of allylic oxidation sites excluding steroid dienone is 6. The molecule has 4 aliphatic rings. The van der Waals surface area contributed by atoms with Gasteiger partial charge in [0.25, 0.3) is 0 Å². The van der Waals surface area contributed by atoms with E-state index in [0.717, 1.165) is 12.7 Å². The number of phenols is 1. The van der Waals surface area contributed by atoms with Crippen LogP contribution < -0.4 is 4.74 Å². The SMILES string of the molecule is COC(=O)N1C(=O)C2CC=C3C(c4cc(Br)c(O)c(OC)c4)C4=C(CC3C2C1=O)C(=O)C=C(C)C4=O. The number of hydrogen-bond acceptors (Lipinski definition) is 8. The van der Waals surface area contributed by atoms with Crippen LogP contribution in [-0.4, -0.2) is 53.7 Å². The number of carbonyl (C=O) groups excluding carboxylic acids is 5. The highest BCUT2D eigenvalue weighted by Gasteiger charge is 2.58. The molecule has 0 saturated carbocycles. The Morgan fingerprint density at radius 2 is 1.83 bits per heavy atom. The number of halogens is 1. The van der Waals surface area contributed by atoms with Crippen LogP contribution in [0.1, 0.15) is 31.2 Å². The molecule has 1 heterocycles. The Balaban J connectivity index is 1.71. The summed E-state index contributed by atoms with van der Waals surface area (Å²) in [6.45, 7) is 1.58. The lowest BCUT2D eigenvalue weighted by molar-refractivity contribution is -0.137. The van der Waals surface area contributed by atoms with Gasteiger partial charge in [-0.25, -0.2) is 4.79 Å². The summed E-state index contributed by atoms with van der Waals surface area (Å²) in [7, 11) is 2.50. The number of hydrogen-bond donors (Lipinski definition) is 1. The molecule has 1 fully saturated rings. The van der Waals surface area contributed by atoms with Crippen LogP contribution in [0.15, 0.2) is 51.0 Å². The van der Waals surface area contributed by atoms with Gasteiger partial charge in [-0.15, -0.1) is 0 Å². The van der Waals surface area contributed by atoms with Crippen LogP contribution in [0.2, 0.25) is 0 Å². The number of nitrogens with zero attached hydrogens (tertiary/aromatic N) is 1. The number of amides is 3. The smallest absolute Gasteiger partial charge is 0.423 e. The summed E-state index contributed by atoms with van der Waals surface area (Å²) in [5.74, 6) is -4.76. The average Bonchev–Trinajstić information content (AvgIpc) is 3.12. The van der Waals surface area contributed by atoms with Gasteiger partial charge >= 0.3 is 6.09 Å². The van der Waals surface area contributed by atoms with Crippen molar-refractivity contribution in [3.8, 4) is 11.5 Å². The molecule has 36 heavy (non-hydrogen) atoms. The number of rotatable bonds is 2. The number of imide groups is 3. The van der Waals surface area contributed by atoms with Crippen LogP contribution in [0, 0.1) is 17.8 Å². The van der Waals surface area contributed by atoms with Crippen molar-refractivity contribution in [1.82, 2.24) is 4.90 Å². The zero-order chi connectivity index (χ0) is 26.0. The first-order valence-electron chi connectivity index (χ1n) is 11.3. The molecule has 4 atom stereocenters. The Morgan fingerprint density at radius 3 is 2.50 bits per heavy atom. The molecule has 3 aliphatic carbocycles. The van der Waals surface area contributed by atoms with E-state index in [1.165, 1.54) is 13.2 Å². The summed E-state index contributed by atoms with van der Waals surface area (Å²) in [5, 5.41) is 10.4. The van der Waals surface area contributed by atoms with Gasteiger partial charge in [0.1, 0.15) is 0 Å². The molecule has 0 spiro atoms. The van der Waals surface area contributed by atoms with Crippen LogP contribution >= 0.6 is 15.9 Å². The predicted molar refractivity (Wildman–Crippen MR) is 128 cm³/mol. The molecule has 0 bridgehead atoms. The largest absolute Gasteiger partial charge is 0.503 e. The second-order valence-corrected chi connectivity index (χ2v) is 10.1. The number of phenolic OH excluding ortho intramolecular Hbond substituents is 1. The maximum absolute atomic E-state index is 13.4. The summed E-state index contributed by atoms with van der Waals surface area (Å²) in [6.07, 6.45) is 2.38. The molecule has 186 valence electrons. The van der Waals surface area contributed by atoms with Crippen molar-refractivity contribution in [2.24, 2.45) is 17.8 Å². The normalized spacial score (nSPS) is 27.3. The van der Waals surface area contributed by atoms with Crippen LogP contribution in [0.3, 0.4) is 0 Å². The molecule has 1 N–H and O–H groups in total. The maximum atomic E-state index is 13.4. The van der Waals surface area contributed by atoms with Gasteiger partial charge in [0.15, 0.2) is 23.1 Å². The molecule has 4 unspecified atom stereocenters. The first kappa shape index (κ1) is 24.2. The number of ketones is 2. The summed E-state index contributed by atoms with van der Waals surface area (Å²) in [5.41, 5.74) is 2.22. The van der Waals surface area contributed by atoms with Crippen LogP contribution in [0.4, 0.5) is 4.79 Å². The summed E-state index contributed by atoms with van der Waals surface area (Å²) >= 11 is 3.33. The van der Waals surface area contributed by atoms with Gasteiger partial charge in [-0.3, -0.25) is 19.2 Å². The fourth-order valence-corrected chi connectivity index (χ4v) is 6.39. The zero-order valence-electron chi connectivity index (χ0n) is 19.7. The summed E-state index contributed by atoms with van der Waals surface area (Å²) < 4.78 is 10.3. The van der Waals surface area contributed by atoms with Gasteiger partial charge < -0.3 is 14.6 Å². The minimum absolute atomic E-state index is 0.0948. The predicted octanol–water partition coefficient (Wildman–Crippen LogP) is 3.36. The summed E-state index contributed by atoms with van der Waals surface area (Å²) in [4.78, 5) is 65.6. The minimum atomic E-state index is -1.04. The van der Waals surface area contributed by atoms with Gasteiger partial charge in [-0.2, -0.15) is 4.90 Å². The molecule has 10 heteroatoms. The topological polar surface area (TPSA) is 127 Å². The quantitative estimate of drug-likeness (QED) is 0.334. The highest BCUT2D eigenvalue weighted by molar-refractivity contribution is 9.10. The number of fused-ring (bicyclic) bond motifs is 3. The number of aromatic hydroxyl groups is 1. The number of benzene rings is 1. The third-order valence-electron chi connectivity index (χ3n) is 7.53. The van der Waals surface area contributed by atoms with Crippen LogP contribution in [-0.2, 0) is 23.9 Å². The van der Waals surface area contributed by atoms with Gasteiger partial charge in [-0.05, 0) is 65.4 Å². The molecular weight excluding hydrogens is 534 g/mol. The first-order chi connectivity index (χ1) is 17.1. The fourth-order valence-electron chi connectivity index (χ4n) is 5.93. The van der Waals surface area contributed by atoms with E-state index in [2.05, 4.69) is 20.7 Å². The molecule has 1 aliphatic heterocycles. The molecule has 0 radical (unpaired) electrons. The molecule has 1 aromatic carbocycles. The molecule has 3 amide bonds. The van der Waals surface area contributed by atoms with Crippen molar-refractivity contribution in [2.45, 2.75) is 25.7 Å². The number of Topliss-reactive ketones (excluding diaryl/α,β-unsaturated/α-hetero) is 1. The minimum Gasteiger partial charge on any atom is -0.503 e. The van der Waals surface area contributed by atoms with Crippen molar-refractivity contribution >= 4 is 45.4 Å². The third-order valence-corrected chi connectivity index (χ3v) is 8.13. The number of methoxy groups -OCH3 is 2. The lowest BCUT2D eigenvalue weighted by atomic mass is 9.59. The van der Waals surface area contributed by atoms with Crippen molar-refractivity contribution in [3.63, 3.8) is 0 Å². The summed E-state index contributed by atoms with van der Waals surface area (Å²) in [6, 6.07) is 3.24.